The third-order valence-corrected chi connectivity index (χ3v) is 6.01. The molecule has 0 spiro atoms. The zero-order valence-corrected chi connectivity index (χ0v) is 18.0. The Kier molecular flexibility index (Phi) is 5.86. The molecule has 0 radical (unpaired) electrons. The van der Waals surface area contributed by atoms with Crippen molar-refractivity contribution in [1.82, 2.24) is 5.32 Å². The van der Waals surface area contributed by atoms with E-state index in [1.54, 1.807) is 0 Å². The highest BCUT2D eigenvalue weighted by molar-refractivity contribution is 5.94. The topological polar surface area (TPSA) is 24.4 Å². The summed E-state index contributed by atoms with van der Waals surface area (Å²) in [6, 6.07) is 9.30. The van der Waals surface area contributed by atoms with Crippen molar-refractivity contribution in [3.8, 4) is 0 Å². The summed E-state index contributed by atoms with van der Waals surface area (Å²) in [7, 11) is 0. The van der Waals surface area contributed by atoms with Crippen LogP contribution >= 0.6 is 0 Å². The minimum Gasteiger partial charge on any atom is -0.293 e. The molecule has 2 unspecified atom stereocenters. The van der Waals surface area contributed by atoms with Crippen LogP contribution in [-0.4, -0.2) is 18.9 Å². The molecule has 2 heteroatoms. The quantitative estimate of drug-likeness (QED) is 0.712. The molecule has 1 aliphatic heterocycles. The van der Waals surface area contributed by atoms with Crippen molar-refractivity contribution in [3.05, 3.63) is 68.8 Å². The van der Waals surface area contributed by atoms with Gasteiger partial charge in [0.15, 0.2) is 0 Å². The highest BCUT2D eigenvalue weighted by Gasteiger charge is 2.27. The first-order valence-electron chi connectivity index (χ1n) is 10.2. The molecule has 2 aromatic rings. The second kappa shape index (κ2) is 7.98. The molecule has 0 saturated carbocycles. The van der Waals surface area contributed by atoms with Gasteiger partial charge < -0.3 is 0 Å². The van der Waals surface area contributed by atoms with Gasteiger partial charge in [-0.05, 0) is 87.3 Å². The molecule has 0 amide bonds. The van der Waals surface area contributed by atoms with Crippen molar-refractivity contribution in [2.24, 2.45) is 4.99 Å². The molecule has 1 N–H and O–H groups in total. The van der Waals surface area contributed by atoms with E-state index in [0.29, 0.717) is 11.8 Å². The van der Waals surface area contributed by atoms with Gasteiger partial charge in [0.1, 0.15) is 0 Å². The van der Waals surface area contributed by atoms with Crippen LogP contribution in [0.2, 0.25) is 0 Å². The van der Waals surface area contributed by atoms with Gasteiger partial charge >= 0.3 is 0 Å². The van der Waals surface area contributed by atoms with Crippen LogP contribution in [0.4, 0.5) is 0 Å². The van der Waals surface area contributed by atoms with Crippen LogP contribution in [-0.2, 0) is 0 Å². The SMILES string of the molecule is Cc1cc(C)c(C(C)CC(C2=NCNC2)c2c(C)cc(C)cc2C)c(C)c1. The summed E-state index contributed by atoms with van der Waals surface area (Å²) >= 11 is 0. The molecule has 2 atom stereocenters. The maximum absolute atomic E-state index is 4.83. The summed E-state index contributed by atoms with van der Waals surface area (Å²) in [6.07, 6.45) is 1.11. The highest BCUT2D eigenvalue weighted by atomic mass is 15.1. The molecular weight excluding hydrogens is 328 g/mol. The van der Waals surface area contributed by atoms with E-state index in [1.807, 2.05) is 0 Å². The lowest BCUT2D eigenvalue weighted by atomic mass is 9.78. The van der Waals surface area contributed by atoms with Crippen LogP contribution in [0.25, 0.3) is 0 Å². The number of aryl methyl sites for hydroxylation is 6. The average Bonchev–Trinajstić information content (AvgIpc) is 3.06. The third-order valence-electron chi connectivity index (χ3n) is 6.01. The smallest absolute Gasteiger partial charge is 0.0887 e. The van der Waals surface area contributed by atoms with E-state index < -0.39 is 0 Å². The summed E-state index contributed by atoms with van der Waals surface area (Å²) in [5.74, 6) is 0.884. The molecule has 2 aromatic carbocycles. The van der Waals surface area contributed by atoms with Crippen LogP contribution < -0.4 is 5.32 Å². The van der Waals surface area contributed by atoms with Crippen molar-refractivity contribution in [1.29, 1.82) is 0 Å². The maximum Gasteiger partial charge on any atom is 0.0887 e. The summed E-state index contributed by atoms with van der Waals surface area (Å²) in [5, 5.41) is 3.41. The number of aliphatic imine (C=N–C) groups is 1. The molecule has 1 aliphatic rings. The molecule has 0 aliphatic carbocycles. The van der Waals surface area contributed by atoms with Crippen molar-refractivity contribution < 1.29 is 0 Å². The van der Waals surface area contributed by atoms with E-state index in [0.717, 1.165) is 19.6 Å². The summed E-state index contributed by atoms with van der Waals surface area (Å²) < 4.78 is 0. The number of nitrogens with one attached hydrogen (secondary N) is 1. The molecular formula is C25H34N2. The Bertz CT molecular complexity index is 830. The number of hydrogen-bond acceptors (Lipinski definition) is 2. The van der Waals surface area contributed by atoms with Crippen LogP contribution in [0.5, 0.6) is 0 Å². The standard InChI is InChI=1S/C25H34N2/c1-15-8-17(3)24(18(4)9-15)21(7)12-22(23-13-26-14-27-23)25-19(5)10-16(2)11-20(25)6/h8-11,21-22,26H,12-14H2,1-7H3. The van der Waals surface area contributed by atoms with Gasteiger partial charge in [-0.1, -0.05) is 42.3 Å². The fourth-order valence-electron chi connectivity index (χ4n) is 5.23. The van der Waals surface area contributed by atoms with E-state index in [9.17, 15) is 0 Å². The molecule has 0 aromatic heterocycles. The third kappa shape index (κ3) is 4.16. The summed E-state index contributed by atoms with van der Waals surface area (Å²) in [4.78, 5) is 4.83. The summed E-state index contributed by atoms with van der Waals surface area (Å²) in [6.45, 7) is 17.5. The zero-order chi connectivity index (χ0) is 19.7. The number of hydrogen-bond donors (Lipinski definition) is 1. The van der Waals surface area contributed by atoms with Gasteiger partial charge in [0.05, 0.1) is 6.67 Å². The van der Waals surface area contributed by atoms with Gasteiger partial charge in [-0.15, -0.1) is 0 Å². The van der Waals surface area contributed by atoms with Crippen molar-refractivity contribution in [2.75, 3.05) is 13.2 Å². The Morgan fingerprint density at radius 2 is 1.30 bits per heavy atom. The first-order chi connectivity index (χ1) is 12.8. The number of rotatable bonds is 5. The number of nitrogens with zero attached hydrogens (tertiary/aromatic N) is 1. The van der Waals surface area contributed by atoms with E-state index >= 15 is 0 Å². The van der Waals surface area contributed by atoms with Gasteiger partial charge in [-0.25, -0.2) is 0 Å². The van der Waals surface area contributed by atoms with Crippen LogP contribution in [0.1, 0.15) is 69.7 Å². The minimum absolute atomic E-state index is 0.385. The van der Waals surface area contributed by atoms with E-state index in [1.165, 1.54) is 50.2 Å². The van der Waals surface area contributed by atoms with Crippen molar-refractivity contribution in [3.63, 3.8) is 0 Å². The second-order valence-electron chi connectivity index (χ2n) is 8.55. The van der Waals surface area contributed by atoms with Gasteiger partial charge in [0.2, 0.25) is 0 Å². The predicted molar refractivity (Wildman–Crippen MR) is 117 cm³/mol. The van der Waals surface area contributed by atoms with Gasteiger partial charge in [-0.3, -0.25) is 10.3 Å². The molecule has 0 bridgehead atoms. The first-order valence-corrected chi connectivity index (χ1v) is 10.2. The maximum atomic E-state index is 4.83. The lowest BCUT2D eigenvalue weighted by Crippen LogP contribution is -2.23. The van der Waals surface area contributed by atoms with E-state index in [-0.39, 0.29) is 0 Å². The van der Waals surface area contributed by atoms with E-state index in [4.69, 9.17) is 4.99 Å². The Balaban J connectivity index is 2.01. The first kappa shape index (κ1) is 19.8. The van der Waals surface area contributed by atoms with E-state index in [2.05, 4.69) is 78.0 Å². The molecule has 0 saturated heterocycles. The van der Waals surface area contributed by atoms with Gasteiger partial charge in [-0.2, -0.15) is 0 Å². The molecule has 3 rings (SSSR count). The Labute approximate surface area is 165 Å². The Morgan fingerprint density at radius 3 is 1.74 bits per heavy atom. The lowest BCUT2D eigenvalue weighted by molar-refractivity contribution is 0.635. The van der Waals surface area contributed by atoms with Crippen LogP contribution in [0, 0.1) is 41.5 Å². The fraction of sp³-hybridized carbons (Fsp3) is 0.480. The molecule has 0 fully saturated rings. The zero-order valence-electron chi connectivity index (χ0n) is 18.0. The summed E-state index contributed by atoms with van der Waals surface area (Å²) in [5.41, 5.74) is 12.7. The van der Waals surface area contributed by atoms with Crippen LogP contribution in [0.3, 0.4) is 0 Å². The van der Waals surface area contributed by atoms with Crippen molar-refractivity contribution >= 4 is 5.71 Å². The number of benzene rings is 2. The highest BCUT2D eigenvalue weighted by Crippen LogP contribution is 2.37. The monoisotopic (exact) mass is 362 g/mol. The molecule has 144 valence electrons. The van der Waals surface area contributed by atoms with Crippen LogP contribution in [0.15, 0.2) is 29.3 Å². The van der Waals surface area contributed by atoms with Crippen molar-refractivity contribution in [2.45, 2.75) is 66.7 Å². The van der Waals surface area contributed by atoms with Gasteiger partial charge in [0, 0.05) is 18.2 Å². The normalized spacial score (nSPS) is 16.3. The molecule has 27 heavy (non-hydrogen) atoms. The molecule has 1 heterocycles. The fourth-order valence-corrected chi connectivity index (χ4v) is 5.23. The Hall–Kier alpha value is -1.93. The largest absolute Gasteiger partial charge is 0.293 e. The average molecular weight is 363 g/mol. The predicted octanol–water partition coefficient (Wildman–Crippen LogP) is 5.82. The second-order valence-corrected chi connectivity index (χ2v) is 8.55. The minimum atomic E-state index is 0.385. The molecule has 2 nitrogen and oxygen atoms in total. The Morgan fingerprint density at radius 1 is 0.815 bits per heavy atom. The van der Waals surface area contributed by atoms with Gasteiger partial charge in [0.25, 0.3) is 0 Å². The lowest BCUT2D eigenvalue weighted by Gasteiger charge is -2.27.